The molecule has 3 heteroatoms. The van der Waals surface area contributed by atoms with Gasteiger partial charge in [-0.05, 0) is 18.9 Å². The van der Waals surface area contributed by atoms with Crippen molar-refractivity contribution < 1.29 is 4.74 Å². The molecule has 1 atom stereocenters. The van der Waals surface area contributed by atoms with Gasteiger partial charge in [0.1, 0.15) is 0 Å². The van der Waals surface area contributed by atoms with Crippen LogP contribution >= 0.6 is 12.4 Å². The van der Waals surface area contributed by atoms with Crippen LogP contribution in [0.2, 0.25) is 0 Å². The predicted molar refractivity (Wildman–Crippen MR) is 40.1 cm³/mol. The maximum atomic E-state index is 4.99. The summed E-state index contributed by atoms with van der Waals surface area (Å²) in [7, 11) is 1.76. The van der Waals surface area contributed by atoms with Crippen LogP contribution in [-0.2, 0) is 4.74 Å². The van der Waals surface area contributed by atoms with Gasteiger partial charge in [-0.2, -0.15) is 0 Å². The minimum atomic E-state index is 0. The number of nitrogens with one attached hydrogen (secondary N) is 1. The average molecular weight is 152 g/mol. The van der Waals surface area contributed by atoms with Gasteiger partial charge in [-0.25, -0.2) is 0 Å². The van der Waals surface area contributed by atoms with Crippen LogP contribution in [0.5, 0.6) is 0 Å². The van der Waals surface area contributed by atoms with E-state index in [1.54, 1.807) is 7.11 Å². The van der Waals surface area contributed by atoms with Gasteiger partial charge in [0.15, 0.2) is 0 Å². The van der Waals surface area contributed by atoms with E-state index in [-0.39, 0.29) is 12.4 Å². The summed E-state index contributed by atoms with van der Waals surface area (Å²) in [5.41, 5.74) is 0. The van der Waals surface area contributed by atoms with Gasteiger partial charge < -0.3 is 10.1 Å². The van der Waals surface area contributed by atoms with Crippen molar-refractivity contribution in [1.29, 1.82) is 0 Å². The Morgan fingerprint density at radius 3 is 2.89 bits per heavy atom. The predicted octanol–water partition coefficient (Wildman–Crippen LogP) is 0.664. The van der Waals surface area contributed by atoms with Gasteiger partial charge in [0.2, 0.25) is 0 Å². The molecule has 0 aliphatic carbocycles. The first-order chi connectivity index (χ1) is 3.93. The number of hydrogen-bond acceptors (Lipinski definition) is 2. The summed E-state index contributed by atoms with van der Waals surface area (Å²) in [5.74, 6) is 0.778. The van der Waals surface area contributed by atoms with Crippen molar-refractivity contribution >= 4 is 12.4 Å². The molecule has 0 bridgehead atoms. The molecule has 1 heterocycles. The molecule has 0 aromatic carbocycles. The summed E-state index contributed by atoms with van der Waals surface area (Å²) in [6.07, 6.45) is 1.29. The maximum Gasteiger partial charge on any atom is 0.0503 e. The van der Waals surface area contributed by atoms with Gasteiger partial charge in [-0.3, -0.25) is 0 Å². The molecule has 0 aromatic heterocycles. The summed E-state index contributed by atoms with van der Waals surface area (Å²) >= 11 is 0. The van der Waals surface area contributed by atoms with Crippen molar-refractivity contribution in [2.45, 2.75) is 6.42 Å². The Kier molecular flexibility index (Phi) is 5.15. The molecule has 1 N–H and O–H groups in total. The molecule has 1 rings (SSSR count). The van der Waals surface area contributed by atoms with Gasteiger partial charge in [0.05, 0.1) is 6.61 Å². The zero-order valence-electron chi connectivity index (χ0n) is 5.72. The smallest absolute Gasteiger partial charge is 0.0503 e. The van der Waals surface area contributed by atoms with E-state index < -0.39 is 0 Å². The summed E-state index contributed by atoms with van der Waals surface area (Å²) in [5, 5.41) is 3.28. The number of rotatable bonds is 2. The SMILES string of the molecule is COC[C@@H]1CCNC1.Cl. The Balaban J connectivity index is 0.000000640. The molecular weight excluding hydrogens is 138 g/mol. The van der Waals surface area contributed by atoms with Crippen LogP contribution in [0.25, 0.3) is 0 Å². The molecule has 0 spiro atoms. The minimum absolute atomic E-state index is 0. The molecule has 0 amide bonds. The van der Waals surface area contributed by atoms with E-state index in [0.29, 0.717) is 0 Å². The second-order valence-electron chi connectivity index (χ2n) is 2.31. The lowest BCUT2D eigenvalue weighted by Crippen LogP contribution is -2.12. The van der Waals surface area contributed by atoms with Crippen LogP contribution in [0, 0.1) is 5.92 Å². The first-order valence-electron chi connectivity index (χ1n) is 3.13. The topological polar surface area (TPSA) is 21.3 Å². The van der Waals surface area contributed by atoms with Crippen molar-refractivity contribution in [3.8, 4) is 0 Å². The van der Waals surface area contributed by atoms with Crippen LogP contribution in [0.1, 0.15) is 6.42 Å². The largest absolute Gasteiger partial charge is 0.384 e. The van der Waals surface area contributed by atoms with Crippen molar-refractivity contribution in [2.24, 2.45) is 5.92 Å². The molecular formula is C6H14ClNO. The summed E-state index contributed by atoms with van der Waals surface area (Å²) in [6, 6.07) is 0. The number of halogens is 1. The maximum absolute atomic E-state index is 4.99. The second kappa shape index (κ2) is 5.03. The van der Waals surface area contributed by atoms with E-state index in [4.69, 9.17) is 4.74 Å². The molecule has 1 aliphatic rings. The van der Waals surface area contributed by atoms with E-state index >= 15 is 0 Å². The molecule has 0 aromatic rings. The highest BCUT2D eigenvalue weighted by molar-refractivity contribution is 5.85. The van der Waals surface area contributed by atoms with Crippen LogP contribution in [0.15, 0.2) is 0 Å². The molecule has 1 aliphatic heterocycles. The van der Waals surface area contributed by atoms with Gasteiger partial charge in [-0.15, -0.1) is 12.4 Å². The van der Waals surface area contributed by atoms with E-state index in [2.05, 4.69) is 5.32 Å². The monoisotopic (exact) mass is 151 g/mol. The van der Waals surface area contributed by atoms with Crippen LogP contribution < -0.4 is 5.32 Å². The highest BCUT2D eigenvalue weighted by Gasteiger charge is 2.12. The van der Waals surface area contributed by atoms with E-state index in [1.807, 2.05) is 0 Å². The third-order valence-electron chi connectivity index (χ3n) is 1.56. The lowest BCUT2D eigenvalue weighted by molar-refractivity contribution is 0.160. The molecule has 1 saturated heterocycles. The second-order valence-corrected chi connectivity index (χ2v) is 2.31. The zero-order valence-corrected chi connectivity index (χ0v) is 6.54. The first-order valence-corrected chi connectivity index (χ1v) is 3.13. The first kappa shape index (κ1) is 9.21. The molecule has 0 radical (unpaired) electrons. The highest BCUT2D eigenvalue weighted by atomic mass is 35.5. The van der Waals surface area contributed by atoms with Crippen molar-refractivity contribution in [1.82, 2.24) is 5.32 Å². The number of methoxy groups -OCH3 is 1. The van der Waals surface area contributed by atoms with Crippen LogP contribution in [-0.4, -0.2) is 26.8 Å². The lowest BCUT2D eigenvalue weighted by Gasteiger charge is -2.03. The molecule has 0 unspecified atom stereocenters. The van der Waals surface area contributed by atoms with Crippen molar-refractivity contribution in [3.63, 3.8) is 0 Å². The summed E-state index contributed by atoms with van der Waals surface area (Å²) in [4.78, 5) is 0. The van der Waals surface area contributed by atoms with Crippen molar-refractivity contribution in [3.05, 3.63) is 0 Å². The Morgan fingerprint density at radius 2 is 2.44 bits per heavy atom. The Hall–Kier alpha value is 0.210. The Morgan fingerprint density at radius 1 is 1.67 bits per heavy atom. The number of hydrogen-bond donors (Lipinski definition) is 1. The van der Waals surface area contributed by atoms with E-state index in [9.17, 15) is 0 Å². The summed E-state index contributed by atoms with van der Waals surface area (Å²) < 4.78 is 4.99. The standard InChI is InChI=1S/C6H13NO.ClH/c1-8-5-6-2-3-7-4-6;/h6-7H,2-5H2,1H3;1H/t6-;/m1./s1. The van der Waals surface area contributed by atoms with Gasteiger partial charge >= 0.3 is 0 Å². The fourth-order valence-electron chi connectivity index (χ4n) is 1.09. The molecule has 0 saturated carbocycles. The van der Waals surface area contributed by atoms with E-state index in [0.717, 1.165) is 19.1 Å². The minimum Gasteiger partial charge on any atom is -0.384 e. The summed E-state index contributed by atoms with van der Waals surface area (Å²) in [6.45, 7) is 3.24. The van der Waals surface area contributed by atoms with Gasteiger partial charge in [0.25, 0.3) is 0 Å². The fraction of sp³-hybridized carbons (Fsp3) is 1.00. The molecule has 56 valence electrons. The zero-order chi connectivity index (χ0) is 5.82. The lowest BCUT2D eigenvalue weighted by atomic mass is 10.1. The van der Waals surface area contributed by atoms with Crippen molar-refractivity contribution in [2.75, 3.05) is 26.8 Å². The third-order valence-corrected chi connectivity index (χ3v) is 1.56. The van der Waals surface area contributed by atoms with Gasteiger partial charge in [0, 0.05) is 13.7 Å². The molecule has 2 nitrogen and oxygen atoms in total. The quantitative estimate of drug-likeness (QED) is 0.627. The molecule has 9 heavy (non-hydrogen) atoms. The number of ether oxygens (including phenoxy) is 1. The van der Waals surface area contributed by atoms with Crippen LogP contribution in [0.3, 0.4) is 0 Å². The Bertz CT molecular complexity index is 64.1. The Labute approximate surface area is 62.4 Å². The highest BCUT2D eigenvalue weighted by Crippen LogP contribution is 2.05. The normalized spacial score (nSPS) is 25.7. The average Bonchev–Trinajstić information content (AvgIpc) is 2.19. The fourth-order valence-corrected chi connectivity index (χ4v) is 1.09. The third kappa shape index (κ3) is 3.04. The van der Waals surface area contributed by atoms with Crippen LogP contribution in [0.4, 0.5) is 0 Å². The van der Waals surface area contributed by atoms with E-state index in [1.165, 1.54) is 13.0 Å². The molecule has 1 fully saturated rings. The van der Waals surface area contributed by atoms with Gasteiger partial charge in [-0.1, -0.05) is 0 Å².